The molecule has 0 aliphatic carbocycles. The molecule has 0 aliphatic heterocycles. The Kier molecular flexibility index (Phi) is 7.49. The predicted molar refractivity (Wildman–Crippen MR) is 123 cm³/mol. The molecule has 0 fully saturated rings. The number of allylic oxidation sites excluding steroid dienone is 1. The van der Waals surface area contributed by atoms with E-state index in [1.54, 1.807) is 6.08 Å². The molecular formula is C22H21ClN4O3S. The summed E-state index contributed by atoms with van der Waals surface area (Å²) in [5, 5.41) is 12.2. The van der Waals surface area contributed by atoms with E-state index in [1.165, 1.54) is 37.1 Å². The molecule has 0 spiro atoms. The number of halogens is 1. The predicted octanol–water partition coefficient (Wildman–Crippen LogP) is 4.61. The normalized spacial score (nSPS) is 10.5. The number of nitrogens with one attached hydrogen (secondary N) is 1. The number of nitrogens with zero attached hydrogens (tertiary/aromatic N) is 3. The Morgan fingerprint density at radius 3 is 2.74 bits per heavy atom. The van der Waals surface area contributed by atoms with E-state index in [9.17, 15) is 9.59 Å². The number of carbonyl (C=O) groups is 2. The zero-order valence-corrected chi connectivity index (χ0v) is 18.7. The van der Waals surface area contributed by atoms with Gasteiger partial charge in [0.2, 0.25) is 5.91 Å². The smallest absolute Gasteiger partial charge is 0.337 e. The lowest BCUT2D eigenvalue weighted by molar-refractivity contribution is -0.113. The Hall–Kier alpha value is -3.10. The van der Waals surface area contributed by atoms with Crippen LogP contribution in [0, 0.1) is 6.92 Å². The molecule has 3 aromatic rings. The molecule has 1 amide bonds. The first-order valence-electron chi connectivity index (χ1n) is 9.35. The minimum atomic E-state index is -0.511. The second kappa shape index (κ2) is 10.3. The standard InChI is InChI=1S/C22H21ClN4O3S/c1-4-11-27-20(16-8-6-5-7-14(16)2)25-26-22(27)31-13-19(28)24-18-12-15(21(29)30-3)9-10-17(18)23/h4-10,12H,1,11,13H2,2-3H3,(H,24,28). The Bertz CT molecular complexity index is 1130. The molecule has 1 aromatic heterocycles. The van der Waals surface area contributed by atoms with Gasteiger partial charge in [-0.3, -0.25) is 9.36 Å². The van der Waals surface area contributed by atoms with Crippen LogP contribution in [0.5, 0.6) is 0 Å². The largest absolute Gasteiger partial charge is 0.465 e. The molecule has 3 rings (SSSR count). The van der Waals surface area contributed by atoms with Gasteiger partial charge in [-0.15, -0.1) is 16.8 Å². The minimum absolute atomic E-state index is 0.0851. The molecule has 0 atom stereocenters. The van der Waals surface area contributed by atoms with Crippen molar-refractivity contribution < 1.29 is 14.3 Å². The lowest BCUT2D eigenvalue weighted by atomic mass is 10.1. The number of rotatable bonds is 8. The number of benzene rings is 2. The first-order chi connectivity index (χ1) is 14.9. The van der Waals surface area contributed by atoms with E-state index in [1.807, 2.05) is 35.8 Å². The van der Waals surface area contributed by atoms with Gasteiger partial charge in [-0.1, -0.05) is 53.7 Å². The number of hydrogen-bond donors (Lipinski definition) is 1. The average Bonchev–Trinajstić information content (AvgIpc) is 3.16. The highest BCUT2D eigenvalue weighted by atomic mass is 35.5. The van der Waals surface area contributed by atoms with E-state index in [0.717, 1.165) is 17.0 Å². The second-order valence-electron chi connectivity index (χ2n) is 6.54. The SMILES string of the molecule is C=CCn1c(SCC(=O)Nc2cc(C(=O)OC)ccc2Cl)nnc1-c1ccccc1C. The summed E-state index contributed by atoms with van der Waals surface area (Å²) >= 11 is 7.40. The Morgan fingerprint density at radius 1 is 1.26 bits per heavy atom. The summed E-state index contributed by atoms with van der Waals surface area (Å²) in [6.45, 7) is 6.32. The van der Waals surface area contributed by atoms with Gasteiger partial charge in [0.15, 0.2) is 11.0 Å². The molecular weight excluding hydrogens is 436 g/mol. The summed E-state index contributed by atoms with van der Waals surface area (Å²) in [5.41, 5.74) is 2.68. The van der Waals surface area contributed by atoms with Crippen LogP contribution in [-0.2, 0) is 16.1 Å². The van der Waals surface area contributed by atoms with Gasteiger partial charge in [0, 0.05) is 12.1 Å². The second-order valence-corrected chi connectivity index (χ2v) is 7.89. The maximum Gasteiger partial charge on any atom is 0.337 e. The van der Waals surface area contributed by atoms with Crippen LogP contribution < -0.4 is 5.32 Å². The van der Waals surface area contributed by atoms with E-state index in [2.05, 4.69) is 22.1 Å². The van der Waals surface area contributed by atoms with Crippen LogP contribution >= 0.6 is 23.4 Å². The number of methoxy groups -OCH3 is 1. The highest BCUT2D eigenvalue weighted by Gasteiger charge is 2.17. The van der Waals surface area contributed by atoms with Gasteiger partial charge in [0.25, 0.3) is 0 Å². The maximum absolute atomic E-state index is 12.5. The first kappa shape index (κ1) is 22.6. The number of carbonyl (C=O) groups excluding carboxylic acids is 2. The van der Waals surface area contributed by atoms with Crippen molar-refractivity contribution in [3.05, 3.63) is 71.3 Å². The fourth-order valence-corrected chi connectivity index (χ4v) is 3.81. The summed E-state index contributed by atoms with van der Waals surface area (Å²) in [4.78, 5) is 24.2. The molecule has 0 saturated heterocycles. The zero-order chi connectivity index (χ0) is 22.4. The van der Waals surface area contributed by atoms with Crippen LogP contribution in [-0.4, -0.2) is 39.5 Å². The van der Waals surface area contributed by atoms with Crippen LogP contribution in [0.25, 0.3) is 11.4 Å². The van der Waals surface area contributed by atoms with Gasteiger partial charge < -0.3 is 10.1 Å². The Labute approximate surface area is 189 Å². The van der Waals surface area contributed by atoms with Crippen molar-refractivity contribution in [3.63, 3.8) is 0 Å². The summed E-state index contributed by atoms with van der Waals surface area (Å²) in [6, 6.07) is 12.4. The quantitative estimate of drug-likeness (QED) is 0.302. The average molecular weight is 457 g/mol. The fraction of sp³-hybridized carbons (Fsp3) is 0.182. The monoisotopic (exact) mass is 456 g/mol. The van der Waals surface area contributed by atoms with Gasteiger partial charge in [-0.25, -0.2) is 4.79 Å². The van der Waals surface area contributed by atoms with Crippen molar-refractivity contribution in [3.8, 4) is 11.4 Å². The molecule has 0 unspecified atom stereocenters. The van der Waals surface area contributed by atoms with Crippen LogP contribution in [0.2, 0.25) is 5.02 Å². The highest BCUT2D eigenvalue weighted by Crippen LogP contribution is 2.27. The number of esters is 1. The number of aryl methyl sites for hydroxylation is 1. The topological polar surface area (TPSA) is 86.1 Å². The van der Waals surface area contributed by atoms with E-state index in [0.29, 0.717) is 28.0 Å². The summed E-state index contributed by atoms with van der Waals surface area (Å²) < 4.78 is 6.61. The number of aromatic nitrogens is 3. The van der Waals surface area contributed by atoms with Gasteiger partial charge in [-0.2, -0.15) is 0 Å². The molecule has 1 N–H and O–H groups in total. The third kappa shape index (κ3) is 5.34. The molecule has 160 valence electrons. The molecule has 31 heavy (non-hydrogen) atoms. The summed E-state index contributed by atoms with van der Waals surface area (Å²) in [6.07, 6.45) is 1.76. The van der Waals surface area contributed by atoms with Gasteiger partial charge in [0.1, 0.15) is 0 Å². The Morgan fingerprint density at radius 2 is 2.03 bits per heavy atom. The van der Waals surface area contributed by atoms with E-state index in [-0.39, 0.29) is 11.7 Å². The number of anilines is 1. The third-order valence-corrected chi connectivity index (χ3v) is 5.70. The lowest BCUT2D eigenvalue weighted by Gasteiger charge is -2.10. The van der Waals surface area contributed by atoms with Crippen molar-refractivity contribution in [2.75, 3.05) is 18.2 Å². The first-order valence-corrected chi connectivity index (χ1v) is 10.7. The maximum atomic E-state index is 12.5. The van der Waals surface area contributed by atoms with Crippen molar-refractivity contribution in [1.82, 2.24) is 14.8 Å². The zero-order valence-electron chi connectivity index (χ0n) is 17.1. The summed E-state index contributed by atoms with van der Waals surface area (Å²) in [5.74, 6) is -0.000922. The number of ether oxygens (including phenoxy) is 1. The fourth-order valence-electron chi connectivity index (χ4n) is 2.89. The molecule has 1 heterocycles. The van der Waals surface area contributed by atoms with Crippen molar-refractivity contribution in [1.29, 1.82) is 0 Å². The lowest BCUT2D eigenvalue weighted by Crippen LogP contribution is -2.15. The molecule has 9 heteroatoms. The highest BCUT2D eigenvalue weighted by molar-refractivity contribution is 7.99. The number of thioether (sulfide) groups is 1. The third-order valence-electron chi connectivity index (χ3n) is 4.41. The summed E-state index contributed by atoms with van der Waals surface area (Å²) in [7, 11) is 1.29. The number of amides is 1. The van der Waals surface area contributed by atoms with Gasteiger partial charge >= 0.3 is 5.97 Å². The molecule has 2 aromatic carbocycles. The molecule has 0 aliphatic rings. The molecule has 0 saturated carbocycles. The van der Waals surface area contributed by atoms with E-state index >= 15 is 0 Å². The van der Waals surface area contributed by atoms with Gasteiger partial charge in [0.05, 0.1) is 29.1 Å². The minimum Gasteiger partial charge on any atom is -0.465 e. The van der Waals surface area contributed by atoms with Crippen molar-refractivity contribution in [2.24, 2.45) is 0 Å². The molecule has 0 bridgehead atoms. The molecule has 0 radical (unpaired) electrons. The van der Waals surface area contributed by atoms with Crippen LogP contribution in [0.15, 0.2) is 60.3 Å². The number of hydrogen-bond acceptors (Lipinski definition) is 6. The van der Waals surface area contributed by atoms with Crippen LogP contribution in [0.3, 0.4) is 0 Å². The Balaban J connectivity index is 1.74. The van der Waals surface area contributed by atoms with Crippen LogP contribution in [0.4, 0.5) is 5.69 Å². The van der Waals surface area contributed by atoms with E-state index in [4.69, 9.17) is 16.3 Å². The van der Waals surface area contributed by atoms with E-state index < -0.39 is 5.97 Å². The molecule has 7 nitrogen and oxygen atoms in total. The van der Waals surface area contributed by atoms with Gasteiger partial charge in [-0.05, 0) is 30.7 Å². The van der Waals surface area contributed by atoms with Crippen molar-refractivity contribution in [2.45, 2.75) is 18.6 Å². The van der Waals surface area contributed by atoms with Crippen molar-refractivity contribution >= 4 is 40.9 Å². The van der Waals surface area contributed by atoms with Crippen LogP contribution in [0.1, 0.15) is 15.9 Å².